The van der Waals surface area contributed by atoms with Gasteiger partial charge in [-0.25, -0.2) is 13.6 Å². The summed E-state index contributed by atoms with van der Waals surface area (Å²) in [4.78, 5) is 20.5. The largest absolute Gasteiger partial charge is 0.478 e. The van der Waals surface area contributed by atoms with E-state index in [2.05, 4.69) is 0 Å². The molecule has 1 aromatic carbocycles. The first kappa shape index (κ1) is 9.31. The quantitative estimate of drug-likeness (QED) is 0.711. The number of aldehydes is 1. The van der Waals surface area contributed by atoms with E-state index in [0.717, 1.165) is 12.1 Å². The van der Waals surface area contributed by atoms with Crippen LogP contribution in [0.4, 0.5) is 8.78 Å². The van der Waals surface area contributed by atoms with Crippen molar-refractivity contribution in [3.8, 4) is 0 Å². The van der Waals surface area contributed by atoms with E-state index in [0.29, 0.717) is 0 Å². The van der Waals surface area contributed by atoms with Gasteiger partial charge in [-0.2, -0.15) is 0 Å². The van der Waals surface area contributed by atoms with Crippen LogP contribution in [0.15, 0.2) is 12.1 Å². The van der Waals surface area contributed by atoms with E-state index in [-0.39, 0.29) is 6.29 Å². The van der Waals surface area contributed by atoms with Crippen molar-refractivity contribution >= 4 is 12.3 Å². The highest BCUT2D eigenvalue weighted by molar-refractivity contribution is 5.90. The van der Waals surface area contributed by atoms with Crippen LogP contribution in [-0.4, -0.2) is 17.4 Å². The molecule has 0 radical (unpaired) electrons. The molecule has 0 aliphatic rings. The Morgan fingerprint density at radius 1 is 1.38 bits per heavy atom. The van der Waals surface area contributed by atoms with Crippen molar-refractivity contribution in [3.63, 3.8) is 0 Å². The second-order valence-corrected chi connectivity index (χ2v) is 2.25. The van der Waals surface area contributed by atoms with Gasteiger partial charge in [-0.1, -0.05) is 0 Å². The molecule has 0 aliphatic heterocycles. The van der Waals surface area contributed by atoms with Crippen LogP contribution in [0.3, 0.4) is 0 Å². The minimum atomic E-state index is -1.54. The lowest BCUT2D eigenvalue weighted by Crippen LogP contribution is -2.05. The summed E-state index contributed by atoms with van der Waals surface area (Å²) < 4.78 is 25.6. The first-order chi connectivity index (χ1) is 6.07. The number of benzene rings is 1. The number of carbonyl (C=O) groups is 2. The van der Waals surface area contributed by atoms with E-state index in [1.807, 2.05) is 0 Å². The van der Waals surface area contributed by atoms with Crippen LogP contribution in [0, 0.1) is 11.6 Å². The van der Waals surface area contributed by atoms with Gasteiger partial charge in [-0.3, -0.25) is 4.79 Å². The third kappa shape index (κ3) is 1.53. The van der Waals surface area contributed by atoms with Gasteiger partial charge >= 0.3 is 5.97 Å². The van der Waals surface area contributed by atoms with Gasteiger partial charge < -0.3 is 5.11 Å². The van der Waals surface area contributed by atoms with Crippen molar-refractivity contribution in [2.75, 3.05) is 0 Å². The molecule has 1 aromatic rings. The molecular formula is C8H4F2O3. The summed E-state index contributed by atoms with van der Waals surface area (Å²) in [7, 11) is 0. The van der Waals surface area contributed by atoms with Crippen LogP contribution < -0.4 is 0 Å². The van der Waals surface area contributed by atoms with E-state index in [4.69, 9.17) is 5.11 Å². The molecule has 0 amide bonds. The summed E-state index contributed by atoms with van der Waals surface area (Å²) in [5.41, 5.74) is -1.58. The molecule has 0 atom stereocenters. The normalized spacial score (nSPS) is 9.69. The highest BCUT2D eigenvalue weighted by Crippen LogP contribution is 2.14. The fraction of sp³-hybridized carbons (Fsp3) is 0. The van der Waals surface area contributed by atoms with E-state index in [1.54, 1.807) is 0 Å². The smallest absolute Gasteiger partial charge is 0.338 e. The van der Waals surface area contributed by atoms with Crippen LogP contribution in [0.5, 0.6) is 0 Å². The zero-order chi connectivity index (χ0) is 10.0. The van der Waals surface area contributed by atoms with Gasteiger partial charge in [0.2, 0.25) is 0 Å². The van der Waals surface area contributed by atoms with Gasteiger partial charge in [-0.05, 0) is 12.1 Å². The summed E-state index contributed by atoms with van der Waals surface area (Å²) in [6.07, 6.45) is -0.0584. The van der Waals surface area contributed by atoms with Crippen molar-refractivity contribution < 1.29 is 23.5 Å². The fourth-order valence-corrected chi connectivity index (χ4v) is 0.843. The summed E-state index contributed by atoms with van der Waals surface area (Å²) in [6, 6.07) is 1.50. The van der Waals surface area contributed by atoms with Crippen LogP contribution in [0.25, 0.3) is 0 Å². The van der Waals surface area contributed by atoms with Crippen molar-refractivity contribution in [2.24, 2.45) is 0 Å². The van der Waals surface area contributed by atoms with Gasteiger partial charge in [0, 0.05) is 0 Å². The Labute approximate surface area is 71.6 Å². The van der Waals surface area contributed by atoms with Crippen molar-refractivity contribution in [2.45, 2.75) is 0 Å². The molecule has 1 rings (SSSR count). The summed E-state index contributed by atoms with van der Waals surface area (Å²) in [5.74, 6) is -3.96. The van der Waals surface area contributed by atoms with E-state index in [1.165, 1.54) is 0 Å². The molecule has 0 bridgehead atoms. The first-order valence-electron chi connectivity index (χ1n) is 3.24. The minimum Gasteiger partial charge on any atom is -0.478 e. The third-order valence-electron chi connectivity index (χ3n) is 1.47. The fourth-order valence-electron chi connectivity index (χ4n) is 0.843. The van der Waals surface area contributed by atoms with E-state index in [9.17, 15) is 18.4 Å². The average molecular weight is 186 g/mol. The number of carboxylic acid groups (broad SMARTS) is 1. The highest BCUT2D eigenvalue weighted by atomic mass is 19.1. The Hall–Kier alpha value is -1.78. The second kappa shape index (κ2) is 3.30. The molecule has 0 fully saturated rings. The van der Waals surface area contributed by atoms with Crippen LogP contribution in [-0.2, 0) is 0 Å². The Morgan fingerprint density at radius 3 is 2.46 bits per heavy atom. The molecule has 0 saturated carbocycles. The standard InChI is InChI=1S/C8H4F2O3/c9-6-2-1-4(8(12)13)7(10)5(6)3-11/h1-3H,(H,12,13). The number of hydrogen-bond acceptors (Lipinski definition) is 2. The molecule has 5 heteroatoms. The molecule has 0 aromatic heterocycles. The van der Waals surface area contributed by atoms with Crippen LogP contribution in [0.2, 0.25) is 0 Å². The van der Waals surface area contributed by atoms with Gasteiger partial charge in [0.05, 0.1) is 11.1 Å². The number of hydrogen-bond donors (Lipinski definition) is 1. The molecule has 0 heterocycles. The summed E-state index contributed by atoms with van der Waals surface area (Å²) >= 11 is 0. The molecule has 1 N–H and O–H groups in total. The molecule has 68 valence electrons. The lowest BCUT2D eigenvalue weighted by molar-refractivity contribution is 0.0691. The number of carbonyl (C=O) groups excluding carboxylic acids is 1. The van der Waals surface area contributed by atoms with Crippen molar-refractivity contribution in [3.05, 3.63) is 34.9 Å². The SMILES string of the molecule is O=Cc1c(F)ccc(C(=O)O)c1F. The maximum Gasteiger partial charge on any atom is 0.338 e. The maximum absolute atomic E-state index is 12.9. The molecule has 0 spiro atoms. The van der Waals surface area contributed by atoms with Crippen LogP contribution >= 0.6 is 0 Å². The average Bonchev–Trinajstić information content (AvgIpc) is 2.04. The Kier molecular flexibility index (Phi) is 2.36. The molecule has 13 heavy (non-hydrogen) atoms. The van der Waals surface area contributed by atoms with Gasteiger partial charge in [0.25, 0.3) is 0 Å². The first-order valence-corrected chi connectivity index (χ1v) is 3.24. The van der Waals surface area contributed by atoms with Crippen molar-refractivity contribution in [1.29, 1.82) is 0 Å². The predicted molar refractivity (Wildman–Crippen MR) is 38.7 cm³/mol. The molecule has 0 unspecified atom stereocenters. The molecular weight excluding hydrogens is 182 g/mol. The lowest BCUT2D eigenvalue weighted by atomic mass is 10.1. The maximum atomic E-state index is 12.9. The minimum absolute atomic E-state index is 0.0584. The van der Waals surface area contributed by atoms with Gasteiger partial charge in [0.1, 0.15) is 5.82 Å². The highest BCUT2D eigenvalue weighted by Gasteiger charge is 2.16. The number of carboxylic acids is 1. The Morgan fingerprint density at radius 2 is 2.00 bits per heavy atom. The van der Waals surface area contributed by atoms with E-state index >= 15 is 0 Å². The Balaban J connectivity index is 3.44. The van der Waals surface area contributed by atoms with Crippen LogP contribution in [0.1, 0.15) is 20.7 Å². The zero-order valence-electron chi connectivity index (χ0n) is 6.25. The predicted octanol–water partition coefficient (Wildman–Crippen LogP) is 1.48. The number of rotatable bonds is 2. The lowest BCUT2D eigenvalue weighted by Gasteiger charge is -2.00. The van der Waals surface area contributed by atoms with E-state index < -0.39 is 28.7 Å². The molecule has 0 saturated heterocycles. The van der Waals surface area contributed by atoms with Gasteiger partial charge in [-0.15, -0.1) is 0 Å². The molecule has 3 nitrogen and oxygen atoms in total. The topological polar surface area (TPSA) is 54.4 Å². The summed E-state index contributed by atoms with van der Waals surface area (Å²) in [6.45, 7) is 0. The van der Waals surface area contributed by atoms with Crippen molar-refractivity contribution in [1.82, 2.24) is 0 Å². The third-order valence-corrected chi connectivity index (χ3v) is 1.47. The summed E-state index contributed by atoms with van der Waals surface area (Å²) in [5, 5.41) is 8.40. The zero-order valence-corrected chi connectivity index (χ0v) is 6.25. The number of aromatic carboxylic acids is 1. The Bertz CT molecular complexity index is 374. The number of halogens is 2. The second-order valence-electron chi connectivity index (χ2n) is 2.25. The van der Waals surface area contributed by atoms with Gasteiger partial charge in [0.15, 0.2) is 12.1 Å². The molecule has 0 aliphatic carbocycles. The monoisotopic (exact) mass is 186 g/mol.